The predicted molar refractivity (Wildman–Crippen MR) is 82.6 cm³/mol. The Labute approximate surface area is 120 Å². The Hall–Kier alpha value is -1.59. The fourth-order valence-corrected chi connectivity index (χ4v) is 2.07. The minimum absolute atomic E-state index is 0.128. The van der Waals surface area contributed by atoms with E-state index in [1.54, 1.807) is 19.9 Å². The summed E-state index contributed by atoms with van der Waals surface area (Å²) in [6, 6.07) is 5.52. The van der Waals surface area contributed by atoms with E-state index < -0.39 is 5.60 Å². The first-order valence-corrected chi connectivity index (χ1v) is 6.82. The first-order chi connectivity index (χ1) is 9.23. The van der Waals surface area contributed by atoms with Gasteiger partial charge in [-0.3, -0.25) is 9.69 Å². The minimum atomic E-state index is -0.821. The van der Waals surface area contributed by atoms with E-state index in [9.17, 15) is 9.90 Å². The van der Waals surface area contributed by atoms with Crippen LogP contribution in [0.15, 0.2) is 18.2 Å². The third kappa shape index (κ3) is 5.19. The third-order valence-electron chi connectivity index (χ3n) is 2.99. The van der Waals surface area contributed by atoms with Crippen molar-refractivity contribution in [3.8, 4) is 0 Å². The molecule has 112 valence electrons. The fourth-order valence-electron chi connectivity index (χ4n) is 2.07. The summed E-state index contributed by atoms with van der Waals surface area (Å²) in [5, 5.41) is 12.7. The number of likely N-dealkylation sites (N-methyl/N-ethyl adjacent to an activating group) is 1. The number of hydrogen-bond acceptors (Lipinski definition) is 4. The summed E-state index contributed by atoms with van der Waals surface area (Å²) >= 11 is 0. The molecule has 0 heterocycles. The SMILES string of the molecule is CCN(CC(=O)Nc1c(C)cccc1N)CC(C)(C)O. The van der Waals surface area contributed by atoms with Crippen LogP contribution in [0.2, 0.25) is 0 Å². The summed E-state index contributed by atoms with van der Waals surface area (Å²) in [6.07, 6.45) is 0. The average Bonchev–Trinajstić information content (AvgIpc) is 2.31. The van der Waals surface area contributed by atoms with Crippen molar-refractivity contribution in [2.75, 3.05) is 30.7 Å². The topological polar surface area (TPSA) is 78.6 Å². The Bertz CT molecular complexity index is 446. The van der Waals surface area contributed by atoms with E-state index in [1.165, 1.54) is 0 Å². The lowest BCUT2D eigenvalue weighted by atomic mass is 10.1. The number of benzene rings is 1. The molecule has 0 atom stereocenters. The maximum Gasteiger partial charge on any atom is 0.238 e. The second-order valence-electron chi connectivity index (χ2n) is 5.70. The zero-order chi connectivity index (χ0) is 15.3. The van der Waals surface area contributed by atoms with Crippen LogP contribution in [0.3, 0.4) is 0 Å². The monoisotopic (exact) mass is 279 g/mol. The number of aryl methyl sites for hydroxylation is 1. The lowest BCUT2D eigenvalue weighted by molar-refractivity contribution is -0.117. The highest BCUT2D eigenvalue weighted by Gasteiger charge is 2.19. The van der Waals surface area contributed by atoms with Gasteiger partial charge in [0.05, 0.1) is 23.5 Å². The highest BCUT2D eigenvalue weighted by molar-refractivity contribution is 5.96. The number of anilines is 2. The van der Waals surface area contributed by atoms with Gasteiger partial charge >= 0.3 is 0 Å². The van der Waals surface area contributed by atoms with Crippen molar-refractivity contribution >= 4 is 17.3 Å². The zero-order valence-electron chi connectivity index (χ0n) is 12.7. The molecule has 1 aromatic rings. The Morgan fingerprint density at radius 3 is 2.60 bits per heavy atom. The van der Waals surface area contributed by atoms with Crippen LogP contribution < -0.4 is 11.1 Å². The molecule has 1 rings (SSSR count). The molecule has 0 aliphatic heterocycles. The molecule has 1 amide bonds. The molecule has 5 heteroatoms. The first-order valence-electron chi connectivity index (χ1n) is 6.82. The van der Waals surface area contributed by atoms with Crippen molar-refractivity contribution in [1.29, 1.82) is 0 Å². The molecule has 0 spiro atoms. The Morgan fingerprint density at radius 2 is 2.10 bits per heavy atom. The standard InChI is InChI=1S/C15H25N3O2/c1-5-18(10-15(3,4)20)9-13(19)17-14-11(2)7-6-8-12(14)16/h6-8,20H,5,9-10,16H2,1-4H3,(H,17,19). The lowest BCUT2D eigenvalue weighted by Crippen LogP contribution is -2.42. The van der Waals surface area contributed by atoms with Gasteiger partial charge in [-0.15, -0.1) is 0 Å². The van der Waals surface area contributed by atoms with Crippen molar-refractivity contribution in [3.05, 3.63) is 23.8 Å². The van der Waals surface area contributed by atoms with Gasteiger partial charge in [0.25, 0.3) is 0 Å². The molecule has 0 unspecified atom stereocenters. The van der Waals surface area contributed by atoms with Crippen LogP contribution in [-0.2, 0) is 4.79 Å². The highest BCUT2D eigenvalue weighted by Crippen LogP contribution is 2.22. The summed E-state index contributed by atoms with van der Waals surface area (Å²) in [5.74, 6) is -0.128. The normalized spacial score (nSPS) is 11.7. The number of aliphatic hydroxyl groups is 1. The van der Waals surface area contributed by atoms with Crippen LogP contribution in [0.1, 0.15) is 26.3 Å². The van der Waals surface area contributed by atoms with Gasteiger partial charge in [-0.2, -0.15) is 0 Å². The number of nitrogens with zero attached hydrogens (tertiary/aromatic N) is 1. The van der Waals surface area contributed by atoms with Crippen LogP contribution in [0, 0.1) is 6.92 Å². The highest BCUT2D eigenvalue weighted by atomic mass is 16.3. The van der Waals surface area contributed by atoms with E-state index in [2.05, 4.69) is 5.32 Å². The number of nitrogens with one attached hydrogen (secondary N) is 1. The molecule has 4 N–H and O–H groups in total. The van der Waals surface area contributed by atoms with Crippen LogP contribution in [0.4, 0.5) is 11.4 Å². The predicted octanol–water partition coefficient (Wildman–Crippen LogP) is 1.61. The third-order valence-corrected chi connectivity index (χ3v) is 2.99. The molecule has 0 aliphatic carbocycles. The summed E-state index contributed by atoms with van der Waals surface area (Å²) in [7, 11) is 0. The van der Waals surface area contributed by atoms with E-state index >= 15 is 0 Å². The fraction of sp³-hybridized carbons (Fsp3) is 0.533. The molecule has 0 aromatic heterocycles. The second-order valence-corrected chi connectivity index (χ2v) is 5.70. The van der Waals surface area contributed by atoms with Gasteiger partial charge in [0, 0.05) is 6.54 Å². The van der Waals surface area contributed by atoms with E-state index in [0.29, 0.717) is 24.5 Å². The quantitative estimate of drug-likeness (QED) is 0.691. The number of hydrogen-bond donors (Lipinski definition) is 3. The number of nitrogens with two attached hydrogens (primary N) is 1. The van der Waals surface area contributed by atoms with Crippen LogP contribution in [0.5, 0.6) is 0 Å². The Balaban J connectivity index is 2.67. The number of amides is 1. The Kier molecular flexibility index (Phi) is 5.53. The maximum atomic E-state index is 12.1. The van der Waals surface area contributed by atoms with Gasteiger partial charge in [-0.05, 0) is 38.9 Å². The lowest BCUT2D eigenvalue weighted by Gasteiger charge is -2.27. The molecule has 0 saturated carbocycles. The molecular formula is C15H25N3O2. The van der Waals surface area contributed by atoms with E-state index in [4.69, 9.17) is 5.73 Å². The molecule has 1 aromatic carbocycles. The van der Waals surface area contributed by atoms with E-state index in [0.717, 1.165) is 5.56 Å². The van der Waals surface area contributed by atoms with Gasteiger partial charge in [0.1, 0.15) is 0 Å². The van der Waals surface area contributed by atoms with E-state index in [-0.39, 0.29) is 12.5 Å². The molecule has 0 aliphatic rings. The Morgan fingerprint density at radius 1 is 1.45 bits per heavy atom. The summed E-state index contributed by atoms with van der Waals surface area (Å²) in [6.45, 7) is 8.69. The molecular weight excluding hydrogens is 254 g/mol. The van der Waals surface area contributed by atoms with Gasteiger partial charge in [-0.1, -0.05) is 19.1 Å². The largest absolute Gasteiger partial charge is 0.397 e. The molecule has 0 radical (unpaired) electrons. The molecule has 5 nitrogen and oxygen atoms in total. The summed E-state index contributed by atoms with van der Waals surface area (Å²) < 4.78 is 0. The molecule has 0 bridgehead atoms. The smallest absolute Gasteiger partial charge is 0.238 e. The van der Waals surface area contributed by atoms with Gasteiger partial charge in [0.15, 0.2) is 0 Å². The number of rotatable bonds is 6. The van der Waals surface area contributed by atoms with Crippen molar-refractivity contribution in [1.82, 2.24) is 4.90 Å². The van der Waals surface area contributed by atoms with Gasteiger partial charge < -0.3 is 16.2 Å². The van der Waals surface area contributed by atoms with Crippen LogP contribution >= 0.6 is 0 Å². The van der Waals surface area contributed by atoms with Crippen molar-refractivity contribution < 1.29 is 9.90 Å². The maximum absolute atomic E-state index is 12.1. The number of carbonyl (C=O) groups excluding carboxylic acids is 1. The number of para-hydroxylation sites is 1. The second kappa shape index (κ2) is 6.72. The van der Waals surface area contributed by atoms with Crippen LogP contribution in [-0.4, -0.2) is 41.1 Å². The molecule has 0 saturated heterocycles. The first kappa shape index (κ1) is 16.5. The summed E-state index contributed by atoms with van der Waals surface area (Å²) in [4.78, 5) is 14.0. The van der Waals surface area contributed by atoms with Crippen molar-refractivity contribution in [2.45, 2.75) is 33.3 Å². The van der Waals surface area contributed by atoms with Crippen molar-refractivity contribution in [3.63, 3.8) is 0 Å². The van der Waals surface area contributed by atoms with Crippen molar-refractivity contribution in [2.24, 2.45) is 0 Å². The molecule has 20 heavy (non-hydrogen) atoms. The number of carbonyl (C=O) groups is 1. The molecule has 0 fully saturated rings. The van der Waals surface area contributed by atoms with E-state index in [1.807, 2.05) is 30.9 Å². The average molecular weight is 279 g/mol. The van der Waals surface area contributed by atoms with Gasteiger partial charge in [-0.25, -0.2) is 0 Å². The minimum Gasteiger partial charge on any atom is -0.397 e. The van der Waals surface area contributed by atoms with Gasteiger partial charge in [0.2, 0.25) is 5.91 Å². The zero-order valence-corrected chi connectivity index (χ0v) is 12.7. The van der Waals surface area contributed by atoms with Crippen LogP contribution in [0.25, 0.3) is 0 Å². The summed E-state index contributed by atoms with van der Waals surface area (Å²) in [5.41, 5.74) is 7.20. The number of nitrogen functional groups attached to an aromatic ring is 1.